The molecule has 0 saturated heterocycles. The van der Waals surface area contributed by atoms with Gasteiger partial charge in [0.15, 0.2) is 6.10 Å². The zero-order valence-corrected chi connectivity index (χ0v) is 32.4. The topological polar surface area (TPSA) is 137 Å². The van der Waals surface area contributed by atoms with Crippen molar-refractivity contribution in [2.45, 2.75) is 168 Å². The second-order valence-corrected chi connectivity index (χ2v) is 13.3. The molecule has 1 rings (SSSR count). The van der Waals surface area contributed by atoms with Gasteiger partial charge in [0.25, 0.3) is 0 Å². The molecule has 1 aromatic heterocycles. The van der Waals surface area contributed by atoms with E-state index in [-0.39, 0.29) is 44.1 Å². The molecule has 0 spiro atoms. The zero-order valence-electron chi connectivity index (χ0n) is 32.4. The number of aromatic nitrogens is 3. The van der Waals surface area contributed by atoms with Crippen molar-refractivity contribution in [1.29, 1.82) is 0 Å². The maximum atomic E-state index is 12.8. The van der Waals surface area contributed by atoms with Gasteiger partial charge in [-0.2, -0.15) is 0 Å². The third kappa shape index (κ3) is 29.7. The number of nitrogens with zero attached hydrogens (tertiary/aromatic N) is 3. The summed E-state index contributed by atoms with van der Waals surface area (Å²) in [5.74, 6) is -0.938. The first-order valence-electron chi connectivity index (χ1n) is 20.0. The number of carbonyl (C=O) groups excluding carboxylic acids is 3. The SMILES string of the molecule is CCCCCCCCCCCC(=O)OCC(Cn1cc(CCC(=O)OCCOCCOCCOC)nn1)OC(=O)CCCCCCCCCCC. The summed E-state index contributed by atoms with van der Waals surface area (Å²) in [7, 11) is 1.62. The number of unbranched alkanes of at least 4 members (excludes halogenated alkanes) is 16. The first kappa shape index (κ1) is 46.5. The van der Waals surface area contributed by atoms with Crippen LogP contribution >= 0.6 is 0 Å². The van der Waals surface area contributed by atoms with Gasteiger partial charge in [0.1, 0.15) is 13.2 Å². The lowest BCUT2D eigenvalue weighted by Gasteiger charge is -2.18. The lowest BCUT2D eigenvalue weighted by molar-refractivity contribution is -0.160. The summed E-state index contributed by atoms with van der Waals surface area (Å²) in [6.07, 6.45) is 23.2. The fourth-order valence-electron chi connectivity index (χ4n) is 5.52. The molecule has 0 radical (unpaired) electrons. The molecule has 0 aliphatic carbocycles. The monoisotopic (exact) mass is 726 g/mol. The van der Waals surface area contributed by atoms with Crippen molar-refractivity contribution in [3.8, 4) is 0 Å². The van der Waals surface area contributed by atoms with E-state index in [0.29, 0.717) is 58.0 Å². The molecular weight excluding hydrogens is 654 g/mol. The van der Waals surface area contributed by atoms with Gasteiger partial charge in [-0.15, -0.1) is 5.10 Å². The van der Waals surface area contributed by atoms with Gasteiger partial charge in [-0.25, -0.2) is 4.68 Å². The summed E-state index contributed by atoms with van der Waals surface area (Å²) in [5, 5.41) is 8.32. The van der Waals surface area contributed by atoms with Crippen LogP contribution in [0.15, 0.2) is 6.20 Å². The molecule has 0 aromatic carbocycles. The van der Waals surface area contributed by atoms with E-state index in [2.05, 4.69) is 24.2 Å². The van der Waals surface area contributed by atoms with Gasteiger partial charge in [0.05, 0.1) is 51.7 Å². The van der Waals surface area contributed by atoms with Crippen LogP contribution in [0.5, 0.6) is 0 Å². The van der Waals surface area contributed by atoms with Gasteiger partial charge < -0.3 is 28.4 Å². The normalized spacial score (nSPS) is 11.8. The van der Waals surface area contributed by atoms with E-state index >= 15 is 0 Å². The Balaban J connectivity index is 2.45. The van der Waals surface area contributed by atoms with Crippen LogP contribution in [0.25, 0.3) is 0 Å². The summed E-state index contributed by atoms with van der Waals surface area (Å²) in [5.41, 5.74) is 0.610. The number of hydrogen-bond donors (Lipinski definition) is 0. The van der Waals surface area contributed by atoms with Crippen molar-refractivity contribution in [3.05, 3.63) is 11.9 Å². The Bertz CT molecular complexity index is 975. The van der Waals surface area contributed by atoms with Crippen molar-refractivity contribution >= 4 is 17.9 Å². The number of methoxy groups -OCH3 is 1. The summed E-state index contributed by atoms with van der Waals surface area (Å²) >= 11 is 0. The number of carbonyl (C=O) groups is 3. The van der Waals surface area contributed by atoms with Gasteiger partial charge >= 0.3 is 17.9 Å². The van der Waals surface area contributed by atoms with Crippen LogP contribution in [0.3, 0.4) is 0 Å². The molecule has 0 aliphatic heterocycles. The summed E-state index contributed by atoms with van der Waals surface area (Å²) in [6, 6.07) is 0. The highest BCUT2D eigenvalue weighted by atomic mass is 16.6. The lowest BCUT2D eigenvalue weighted by Crippen LogP contribution is -2.30. The van der Waals surface area contributed by atoms with E-state index < -0.39 is 6.10 Å². The Labute approximate surface area is 308 Å². The van der Waals surface area contributed by atoms with E-state index in [1.807, 2.05) is 0 Å². The van der Waals surface area contributed by atoms with Crippen LogP contribution in [-0.4, -0.2) is 92.4 Å². The lowest BCUT2D eigenvalue weighted by atomic mass is 10.1. The fourth-order valence-corrected chi connectivity index (χ4v) is 5.52. The molecule has 0 bridgehead atoms. The van der Waals surface area contributed by atoms with E-state index in [0.717, 1.165) is 38.5 Å². The van der Waals surface area contributed by atoms with Gasteiger partial charge in [0, 0.05) is 32.6 Å². The van der Waals surface area contributed by atoms with Gasteiger partial charge in [-0.05, 0) is 12.8 Å². The van der Waals surface area contributed by atoms with Crippen molar-refractivity contribution in [2.24, 2.45) is 0 Å². The molecule has 12 heteroatoms. The van der Waals surface area contributed by atoms with E-state index in [1.165, 1.54) is 77.0 Å². The van der Waals surface area contributed by atoms with Crippen LogP contribution in [0.1, 0.15) is 154 Å². The third-order valence-electron chi connectivity index (χ3n) is 8.55. The van der Waals surface area contributed by atoms with E-state index in [4.69, 9.17) is 28.4 Å². The molecule has 1 heterocycles. The van der Waals surface area contributed by atoms with Crippen molar-refractivity contribution in [2.75, 3.05) is 53.4 Å². The molecule has 0 aliphatic rings. The maximum absolute atomic E-state index is 12.8. The van der Waals surface area contributed by atoms with Crippen LogP contribution in [0.2, 0.25) is 0 Å². The molecule has 1 aromatic rings. The predicted octanol–water partition coefficient (Wildman–Crippen LogP) is 7.73. The van der Waals surface area contributed by atoms with Crippen molar-refractivity contribution < 1.29 is 42.8 Å². The Morgan fingerprint density at radius 1 is 0.608 bits per heavy atom. The summed E-state index contributed by atoms with van der Waals surface area (Å²) in [4.78, 5) is 37.4. The minimum absolute atomic E-state index is 0.0391. The molecular formula is C39H71N3O9. The zero-order chi connectivity index (χ0) is 37.0. The van der Waals surface area contributed by atoms with Gasteiger partial charge in [0.2, 0.25) is 0 Å². The highest BCUT2D eigenvalue weighted by molar-refractivity contribution is 5.70. The standard InChI is InChI=1S/C39H71N3O9/c1-4-6-8-10-12-14-16-18-20-22-37(43)50-34-36(51-39(45)23-21-19-17-15-13-11-9-7-5-2)33-42-32-35(40-41-42)24-25-38(44)49-31-30-48-29-28-47-27-26-46-3/h32,36H,4-31,33-34H2,1-3H3. The molecule has 1 unspecified atom stereocenters. The van der Waals surface area contributed by atoms with Crippen LogP contribution < -0.4 is 0 Å². The average Bonchev–Trinajstić information content (AvgIpc) is 3.58. The largest absolute Gasteiger partial charge is 0.463 e. The summed E-state index contributed by atoms with van der Waals surface area (Å²) < 4.78 is 33.7. The Kier molecular flexibility index (Phi) is 31.4. The molecule has 12 nitrogen and oxygen atoms in total. The molecule has 296 valence electrons. The quantitative estimate of drug-likeness (QED) is 0.0379. The number of rotatable bonds is 37. The smallest absolute Gasteiger partial charge is 0.306 e. The van der Waals surface area contributed by atoms with Gasteiger partial charge in [-0.1, -0.05) is 122 Å². The molecule has 0 fully saturated rings. The fraction of sp³-hybridized carbons (Fsp3) is 0.872. The Morgan fingerprint density at radius 3 is 1.67 bits per heavy atom. The minimum atomic E-state index is -0.687. The van der Waals surface area contributed by atoms with Crippen molar-refractivity contribution in [3.63, 3.8) is 0 Å². The van der Waals surface area contributed by atoms with Crippen molar-refractivity contribution in [1.82, 2.24) is 15.0 Å². The second-order valence-electron chi connectivity index (χ2n) is 13.3. The second kappa shape index (κ2) is 34.5. The molecule has 0 amide bonds. The first-order valence-corrected chi connectivity index (χ1v) is 20.0. The highest BCUT2D eigenvalue weighted by Gasteiger charge is 2.19. The molecule has 51 heavy (non-hydrogen) atoms. The Morgan fingerprint density at radius 2 is 1.10 bits per heavy atom. The number of hydrogen-bond acceptors (Lipinski definition) is 11. The maximum Gasteiger partial charge on any atom is 0.306 e. The molecule has 0 N–H and O–H groups in total. The van der Waals surface area contributed by atoms with Crippen LogP contribution in [0, 0.1) is 0 Å². The third-order valence-corrected chi connectivity index (χ3v) is 8.55. The molecule has 1 atom stereocenters. The first-order chi connectivity index (χ1) is 25.0. The number of ether oxygens (including phenoxy) is 6. The van der Waals surface area contributed by atoms with Gasteiger partial charge in [-0.3, -0.25) is 14.4 Å². The molecule has 0 saturated carbocycles. The Hall–Kier alpha value is -2.57. The van der Waals surface area contributed by atoms with Crippen LogP contribution in [0.4, 0.5) is 0 Å². The van der Waals surface area contributed by atoms with Crippen LogP contribution in [-0.2, 0) is 55.8 Å². The number of esters is 3. The average molecular weight is 726 g/mol. The highest BCUT2D eigenvalue weighted by Crippen LogP contribution is 2.13. The van der Waals surface area contributed by atoms with E-state index in [9.17, 15) is 14.4 Å². The minimum Gasteiger partial charge on any atom is -0.463 e. The summed E-state index contributed by atoms with van der Waals surface area (Å²) in [6.45, 7) is 6.97. The predicted molar refractivity (Wildman–Crippen MR) is 197 cm³/mol. The van der Waals surface area contributed by atoms with E-state index in [1.54, 1.807) is 18.0 Å². The number of aryl methyl sites for hydroxylation is 1.